The molecule has 2 aliphatic heterocycles. The molecule has 0 bridgehead atoms. The maximum Gasteiger partial charge on any atom is 0.147 e. The lowest BCUT2D eigenvalue weighted by atomic mass is 9.90. The predicted octanol–water partition coefficient (Wildman–Crippen LogP) is 3.65. The Kier molecular flexibility index (Phi) is 4.66. The maximum absolute atomic E-state index is 4.49. The molecule has 2 saturated heterocycles. The zero-order valence-corrected chi connectivity index (χ0v) is 15.9. The van der Waals surface area contributed by atoms with Crippen LogP contribution in [0, 0.1) is 11.8 Å². The van der Waals surface area contributed by atoms with Crippen LogP contribution in [0.4, 0.5) is 5.82 Å². The van der Waals surface area contributed by atoms with E-state index in [4.69, 9.17) is 0 Å². The predicted molar refractivity (Wildman–Crippen MR) is 110 cm³/mol. The molecule has 4 nitrogen and oxygen atoms in total. The summed E-state index contributed by atoms with van der Waals surface area (Å²) in [5, 5.41) is 0. The molecule has 1 aromatic carbocycles. The molecule has 0 spiro atoms. The molecule has 2 aromatic rings. The molecule has 0 saturated carbocycles. The summed E-state index contributed by atoms with van der Waals surface area (Å²) in [7, 11) is 0. The first kappa shape index (κ1) is 16.9. The van der Waals surface area contributed by atoms with Crippen molar-refractivity contribution in [3.8, 4) is 0 Å². The largest absolute Gasteiger partial charge is 0.354 e. The molecule has 140 valence electrons. The van der Waals surface area contributed by atoms with Gasteiger partial charge in [0.1, 0.15) is 5.82 Å². The summed E-state index contributed by atoms with van der Waals surface area (Å²) in [4.78, 5) is 13.7. The molecule has 0 N–H and O–H groups in total. The number of allylic oxidation sites excluding steroid dienone is 1. The SMILES string of the molecule is C1=C(c2ccc(CCN3CCCC3)cc2)C2CN(c3cnccn3)CC2C1. The zero-order chi connectivity index (χ0) is 18.1. The number of benzene rings is 1. The zero-order valence-electron chi connectivity index (χ0n) is 15.9. The number of fused-ring (bicyclic) bond motifs is 1. The Morgan fingerprint density at radius 3 is 2.63 bits per heavy atom. The van der Waals surface area contributed by atoms with E-state index >= 15 is 0 Å². The van der Waals surface area contributed by atoms with Gasteiger partial charge in [-0.25, -0.2) is 4.98 Å². The van der Waals surface area contributed by atoms with E-state index in [1.165, 1.54) is 62.0 Å². The van der Waals surface area contributed by atoms with Crippen LogP contribution in [0.25, 0.3) is 5.57 Å². The molecule has 5 rings (SSSR count). The van der Waals surface area contributed by atoms with E-state index in [0.717, 1.165) is 24.8 Å². The second-order valence-electron chi connectivity index (χ2n) is 8.23. The Balaban J connectivity index is 1.24. The Morgan fingerprint density at radius 2 is 1.85 bits per heavy atom. The van der Waals surface area contributed by atoms with E-state index in [1.54, 1.807) is 12.4 Å². The topological polar surface area (TPSA) is 32.3 Å². The van der Waals surface area contributed by atoms with Gasteiger partial charge in [-0.3, -0.25) is 4.98 Å². The quantitative estimate of drug-likeness (QED) is 0.815. The molecule has 2 atom stereocenters. The third-order valence-electron chi connectivity index (χ3n) is 6.56. The Morgan fingerprint density at radius 1 is 1.00 bits per heavy atom. The summed E-state index contributed by atoms with van der Waals surface area (Å²) < 4.78 is 0. The molecule has 1 aromatic heterocycles. The molecular weight excluding hydrogens is 332 g/mol. The van der Waals surface area contributed by atoms with Gasteiger partial charge in [-0.1, -0.05) is 30.3 Å². The van der Waals surface area contributed by atoms with E-state index in [2.05, 4.69) is 50.1 Å². The second kappa shape index (κ2) is 7.43. The summed E-state index contributed by atoms with van der Waals surface area (Å²) in [5.74, 6) is 2.36. The summed E-state index contributed by atoms with van der Waals surface area (Å²) in [5.41, 5.74) is 4.42. The molecule has 3 heterocycles. The lowest BCUT2D eigenvalue weighted by Gasteiger charge is -2.18. The molecule has 1 aliphatic carbocycles. The van der Waals surface area contributed by atoms with E-state index in [1.807, 2.05) is 6.20 Å². The highest BCUT2D eigenvalue weighted by Crippen LogP contribution is 2.43. The van der Waals surface area contributed by atoms with Gasteiger partial charge in [-0.15, -0.1) is 0 Å². The smallest absolute Gasteiger partial charge is 0.147 e. The fraction of sp³-hybridized carbons (Fsp3) is 0.478. The third kappa shape index (κ3) is 3.51. The molecule has 3 aliphatic rings. The van der Waals surface area contributed by atoms with Crippen LogP contribution >= 0.6 is 0 Å². The standard InChI is InChI=1S/C23H28N4/c1-2-13-26(12-1)14-9-18-3-5-19(6-4-18)21-8-7-20-16-27(17-22(20)21)23-15-24-10-11-25-23/h3-6,8,10-11,15,20,22H,1-2,7,9,12-14,16-17H2. The van der Waals surface area contributed by atoms with Crippen LogP contribution in [0.2, 0.25) is 0 Å². The van der Waals surface area contributed by atoms with Crippen LogP contribution in [0.15, 0.2) is 48.9 Å². The minimum Gasteiger partial charge on any atom is -0.354 e. The maximum atomic E-state index is 4.49. The highest BCUT2D eigenvalue weighted by atomic mass is 15.2. The van der Waals surface area contributed by atoms with Gasteiger partial charge in [0.05, 0.1) is 6.20 Å². The monoisotopic (exact) mass is 360 g/mol. The minimum atomic E-state index is 0.627. The van der Waals surface area contributed by atoms with Crippen LogP contribution in [-0.2, 0) is 6.42 Å². The van der Waals surface area contributed by atoms with Gasteiger partial charge in [0, 0.05) is 37.9 Å². The fourth-order valence-corrected chi connectivity index (χ4v) is 5.02. The normalized spacial score (nSPS) is 25.0. The van der Waals surface area contributed by atoms with E-state index in [9.17, 15) is 0 Å². The van der Waals surface area contributed by atoms with Crippen molar-refractivity contribution in [3.05, 3.63) is 60.1 Å². The van der Waals surface area contributed by atoms with Gasteiger partial charge >= 0.3 is 0 Å². The van der Waals surface area contributed by atoms with Gasteiger partial charge in [0.2, 0.25) is 0 Å². The van der Waals surface area contributed by atoms with Crippen molar-refractivity contribution in [1.29, 1.82) is 0 Å². The Bertz CT molecular complexity index is 793. The average molecular weight is 361 g/mol. The first-order valence-electron chi connectivity index (χ1n) is 10.4. The van der Waals surface area contributed by atoms with Gasteiger partial charge < -0.3 is 9.80 Å². The molecule has 2 fully saturated rings. The Hall–Kier alpha value is -2.20. The van der Waals surface area contributed by atoms with Crippen LogP contribution in [0.5, 0.6) is 0 Å². The van der Waals surface area contributed by atoms with Crippen molar-refractivity contribution >= 4 is 11.4 Å². The highest BCUT2D eigenvalue weighted by molar-refractivity contribution is 5.71. The molecule has 0 radical (unpaired) electrons. The van der Waals surface area contributed by atoms with Crippen molar-refractivity contribution in [3.63, 3.8) is 0 Å². The van der Waals surface area contributed by atoms with E-state index in [-0.39, 0.29) is 0 Å². The molecule has 2 unspecified atom stereocenters. The van der Waals surface area contributed by atoms with Gasteiger partial charge in [0.15, 0.2) is 0 Å². The summed E-state index contributed by atoms with van der Waals surface area (Å²) in [6.07, 6.45) is 13.0. The first-order chi connectivity index (χ1) is 13.4. The van der Waals surface area contributed by atoms with Crippen LogP contribution in [0.1, 0.15) is 30.4 Å². The average Bonchev–Trinajstić information content (AvgIpc) is 3.45. The number of aromatic nitrogens is 2. The van der Waals surface area contributed by atoms with Crippen LogP contribution < -0.4 is 4.90 Å². The van der Waals surface area contributed by atoms with Crippen molar-refractivity contribution in [2.24, 2.45) is 11.8 Å². The number of nitrogens with zero attached hydrogens (tertiary/aromatic N) is 4. The first-order valence-corrected chi connectivity index (χ1v) is 10.4. The van der Waals surface area contributed by atoms with E-state index < -0.39 is 0 Å². The molecule has 27 heavy (non-hydrogen) atoms. The number of hydrogen-bond acceptors (Lipinski definition) is 4. The van der Waals surface area contributed by atoms with Crippen LogP contribution in [-0.4, -0.2) is 47.6 Å². The molecule has 0 amide bonds. The fourth-order valence-electron chi connectivity index (χ4n) is 5.02. The summed E-state index contributed by atoms with van der Waals surface area (Å²) in [6, 6.07) is 9.38. The van der Waals surface area contributed by atoms with Crippen molar-refractivity contribution in [2.75, 3.05) is 37.6 Å². The summed E-state index contributed by atoms with van der Waals surface area (Å²) >= 11 is 0. The minimum absolute atomic E-state index is 0.627. The number of anilines is 1. The molecule has 4 heteroatoms. The summed E-state index contributed by atoms with van der Waals surface area (Å²) in [6.45, 7) is 5.94. The number of hydrogen-bond donors (Lipinski definition) is 0. The number of likely N-dealkylation sites (tertiary alicyclic amines) is 1. The lowest BCUT2D eigenvalue weighted by molar-refractivity contribution is 0.343. The van der Waals surface area contributed by atoms with Gasteiger partial charge in [-0.2, -0.15) is 0 Å². The van der Waals surface area contributed by atoms with Crippen molar-refractivity contribution in [2.45, 2.75) is 25.7 Å². The Labute approximate surface area is 161 Å². The number of rotatable bonds is 5. The highest BCUT2D eigenvalue weighted by Gasteiger charge is 2.38. The third-order valence-corrected chi connectivity index (χ3v) is 6.56. The molecular formula is C23H28N4. The van der Waals surface area contributed by atoms with Gasteiger partial charge in [0.25, 0.3) is 0 Å². The van der Waals surface area contributed by atoms with Gasteiger partial charge in [-0.05, 0) is 61.4 Å². The lowest BCUT2D eigenvalue weighted by Crippen LogP contribution is -2.22. The van der Waals surface area contributed by atoms with Crippen LogP contribution in [0.3, 0.4) is 0 Å². The van der Waals surface area contributed by atoms with E-state index in [0.29, 0.717) is 5.92 Å². The second-order valence-corrected chi connectivity index (χ2v) is 8.23. The van der Waals surface area contributed by atoms with Crippen molar-refractivity contribution < 1.29 is 0 Å². The van der Waals surface area contributed by atoms with Crippen molar-refractivity contribution in [1.82, 2.24) is 14.9 Å².